The molecule has 2 heterocycles. The molecule has 0 saturated carbocycles. The number of nitrogens with zero attached hydrogens (tertiary/aromatic N) is 2. The fourth-order valence-corrected chi connectivity index (χ4v) is 2.06. The van der Waals surface area contributed by atoms with Gasteiger partial charge in [-0.25, -0.2) is 0 Å². The quantitative estimate of drug-likeness (QED) is 0.654. The van der Waals surface area contributed by atoms with Crippen LogP contribution < -0.4 is 0 Å². The summed E-state index contributed by atoms with van der Waals surface area (Å²) in [4.78, 5) is 20.9. The molecule has 1 aromatic carbocycles. The number of para-hydroxylation sites is 1. The molecule has 3 aromatic rings. The highest BCUT2D eigenvalue weighted by molar-refractivity contribution is 6.09. The maximum atomic E-state index is 12.4. The molecule has 0 saturated heterocycles. The van der Waals surface area contributed by atoms with E-state index in [1.807, 2.05) is 49.4 Å². The Hall–Kier alpha value is -2.55. The Morgan fingerprint density at radius 3 is 2.74 bits per heavy atom. The van der Waals surface area contributed by atoms with E-state index in [1.165, 1.54) is 0 Å². The second-order valence-electron chi connectivity index (χ2n) is 4.41. The lowest BCUT2D eigenvalue weighted by atomic mass is 10.0. The first-order chi connectivity index (χ1) is 9.25. The predicted octanol–water partition coefficient (Wildman–Crippen LogP) is 3.17. The van der Waals surface area contributed by atoms with Gasteiger partial charge in [-0.2, -0.15) is 0 Å². The van der Waals surface area contributed by atoms with E-state index in [-0.39, 0.29) is 5.78 Å². The Morgan fingerprint density at radius 2 is 1.89 bits per heavy atom. The highest BCUT2D eigenvalue weighted by Gasteiger charge is 2.13. The Balaban J connectivity index is 2.09. The van der Waals surface area contributed by atoms with Crippen LogP contribution in [0.2, 0.25) is 0 Å². The molecule has 92 valence electrons. The summed E-state index contributed by atoms with van der Waals surface area (Å²) in [6.07, 6.45) is 3.24. The summed E-state index contributed by atoms with van der Waals surface area (Å²) in [7, 11) is 0. The van der Waals surface area contributed by atoms with Gasteiger partial charge in [-0.15, -0.1) is 0 Å². The van der Waals surface area contributed by atoms with E-state index in [2.05, 4.69) is 9.97 Å². The van der Waals surface area contributed by atoms with E-state index < -0.39 is 0 Å². The van der Waals surface area contributed by atoms with Gasteiger partial charge in [-0.05, 0) is 30.7 Å². The van der Waals surface area contributed by atoms with Crippen LogP contribution in [0.5, 0.6) is 0 Å². The minimum atomic E-state index is -0.0867. The molecule has 0 unspecified atom stereocenters. The topological polar surface area (TPSA) is 42.9 Å². The molecule has 0 spiro atoms. The first-order valence-corrected chi connectivity index (χ1v) is 6.07. The fraction of sp³-hybridized carbons (Fsp3) is 0.0625. The van der Waals surface area contributed by atoms with Crippen LogP contribution in [0, 0.1) is 6.92 Å². The Labute approximate surface area is 111 Å². The van der Waals surface area contributed by atoms with Gasteiger partial charge in [0.05, 0.1) is 5.52 Å². The molecule has 2 aromatic heterocycles. The molecule has 3 heteroatoms. The standard InChI is InChI=1S/C16H12N2O/c1-11-5-4-8-17-15(11)16(19)13-9-12-6-2-3-7-14(12)18-10-13/h2-10H,1H3. The van der Waals surface area contributed by atoms with Gasteiger partial charge < -0.3 is 0 Å². The Bertz CT molecular complexity index is 765. The van der Waals surface area contributed by atoms with E-state index in [0.29, 0.717) is 11.3 Å². The van der Waals surface area contributed by atoms with Crippen molar-refractivity contribution >= 4 is 16.7 Å². The zero-order chi connectivity index (χ0) is 13.2. The van der Waals surface area contributed by atoms with Crippen LogP contribution in [0.15, 0.2) is 54.9 Å². The number of aromatic nitrogens is 2. The molecule has 0 radical (unpaired) electrons. The molecule has 0 amide bonds. The van der Waals surface area contributed by atoms with Crippen LogP contribution in [0.1, 0.15) is 21.6 Å². The average Bonchev–Trinajstić information content (AvgIpc) is 2.46. The minimum absolute atomic E-state index is 0.0867. The summed E-state index contributed by atoms with van der Waals surface area (Å²) in [6.45, 7) is 1.88. The number of ketones is 1. The molecule has 0 aliphatic rings. The molecular weight excluding hydrogens is 236 g/mol. The van der Waals surface area contributed by atoms with Crippen LogP contribution in [0.3, 0.4) is 0 Å². The number of hydrogen-bond acceptors (Lipinski definition) is 3. The van der Waals surface area contributed by atoms with Crippen molar-refractivity contribution < 1.29 is 4.79 Å². The fourth-order valence-electron chi connectivity index (χ4n) is 2.06. The molecule has 0 aliphatic carbocycles. The van der Waals surface area contributed by atoms with Crippen molar-refractivity contribution in [2.75, 3.05) is 0 Å². The summed E-state index contributed by atoms with van der Waals surface area (Å²) in [5.74, 6) is -0.0867. The maximum Gasteiger partial charge on any atom is 0.213 e. The highest BCUT2D eigenvalue weighted by atomic mass is 16.1. The van der Waals surface area contributed by atoms with Crippen molar-refractivity contribution in [1.29, 1.82) is 0 Å². The van der Waals surface area contributed by atoms with Crippen molar-refractivity contribution in [2.24, 2.45) is 0 Å². The summed E-state index contributed by atoms with van der Waals surface area (Å²) in [5.41, 5.74) is 2.82. The van der Waals surface area contributed by atoms with Gasteiger partial charge in [-0.1, -0.05) is 24.3 Å². The van der Waals surface area contributed by atoms with Gasteiger partial charge in [-0.3, -0.25) is 14.8 Å². The lowest BCUT2D eigenvalue weighted by molar-refractivity contribution is 0.103. The molecular formula is C16H12N2O. The van der Waals surface area contributed by atoms with E-state index >= 15 is 0 Å². The number of aryl methyl sites for hydroxylation is 1. The number of hydrogen-bond donors (Lipinski definition) is 0. The average molecular weight is 248 g/mol. The molecule has 3 rings (SSSR count). The minimum Gasteiger partial charge on any atom is -0.287 e. The number of carbonyl (C=O) groups excluding carboxylic acids is 1. The number of benzene rings is 1. The third-order valence-electron chi connectivity index (χ3n) is 3.08. The first-order valence-electron chi connectivity index (χ1n) is 6.07. The molecule has 0 fully saturated rings. The van der Waals surface area contributed by atoms with Crippen LogP contribution in [0.4, 0.5) is 0 Å². The van der Waals surface area contributed by atoms with Gasteiger partial charge in [0.15, 0.2) is 0 Å². The number of carbonyl (C=O) groups is 1. The summed E-state index contributed by atoms with van der Waals surface area (Å²) >= 11 is 0. The SMILES string of the molecule is Cc1cccnc1C(=O)c1cnc2ccccc2c1. The van der Waals surface area contributed by atoms with Gasteiger partial charge in [0.1, 0.15) is 5.69 Å². The Kier molecular flexibility index (Phi) is 2.80. The highest BCUT2D eigenvalue weighted by Crippen LogP contribution is 2.16. The van der Waals surface area contributed by atoms with Gasteiger partial charge in [0.2, 0.25) is 5.78 Å². The maximum absolute atomic E-state index is 12.4. The summed E-state index contributed by atoms with van der Waals surface area (Å²) in [6, 6.07) is 13.3. The van der Waals surface area contributed by atoms with Crippen LogP contribution in [0.25, 0.3) is 10.9 Å². The largest absolute Gasteiger partial charge is 0.287 e. The third kappa shape index (κ3) is 2.10. The van der Waals surface area contributed by atoms with Crippen molar-refractivity contribution in [3.63, 3.8) is 0 Å². The second kappa shape index (κ2) is 4.61. The van der Waals surface area contributed by atoms with Gasteiger partial charge in [0, 0.05) is 23.3 Å². The van der Waals surface area contributed by atoms with E-state index in [1.54, 1.807) is 12.4 Å². The summed E-state index contributed by atoms with van der Waals surface area (Å²) < 4.78 is 0. The molecule has 0 aliphatic heterocycles. The van der Waals surface area contributed by atoms with Crippen LogP contribution >= 0.6 is 0 Å². The van der Waals surface area contributed by atoms with E-state index in [9.17, 15) is 4.79 Å². The lowest BCUT2D eigenvalue weighted by Gasteiger charge is -2.04. The second-order valence-corrected chi connectivity index (χ2v) is 4.41. The first kappa shape index (κ1) is 11.5. The van der Waals surface area contributed by atoms with Crippen molar-refractivity contribution in [2.45, 2.75) is 6.92 Å². The normalized spacial score (nSPS) is 10.6. The van der Waals surface area contributed by atoms with E-state index in [0.717, 1.165) is 16.5 Å². The molecule has 0 bridgehead atoms. The van der Waals surface area contributed by atoms with Crippen LogP contribution in [-0.2, 0) is 0 Å². The van der Waals surface area contributed by atoms with E-state index in [4.69, 9.17) is 0 Å². The number of pyridine rings is 2. The Morgan fingerprint density at radius 1 is 1.05 bits per heavy atom. The number of fused-ring (bicyclic) bond motifs is 1. The zero-order valence-corrected chi connectivity index (χ0v) is 10.5. The van der Waals surface area contributed by atoms with Crippen molar-refractivity contribution in [3.05, 3.63) is 71.7 Å². The summed E-state index contributed by atoms with van der Waals surface area (Å²) in [5, 5.41) is 0.960. The molecule has 0 N–H and O–H groups in total. The predicted molar refractivity (Wildman–Crippen MR) is 74.1 cm³/mol. The van der Waals surface area contributed by atoms with Gasteiger partial charge >= 0.3 is 0 Å². The van der Waals surface area contributed by atoms with Gasteiger partial charge in [0.25, 0.3) is 0 Å². The molecule has 19 heavy (non-hydrogen) atoms. The molecule has 3 nitrogen and oxygen atoms in total. The van der Waals surface area contributed by atoms with Crippen molar-refractivity contribution in [3.8, 4) is 0 Å². The lowest BCUT2D eigenvalue weighted by Crippen LogP contribution is -2.06. The van der Waals surface area contributed by atoms with Crippen LogP contribution in [-0.4, -0.2) is 15.8 Å². The monoisotopic (exact) mass is 248 g/mol. The molecule has 0 atom stereocenters. The third-order valence-corrected chi connectivity index (χ3v) is 3.08. The number of rotatable bonds is 2. The zero-order valence-electron chi connectivity index (χ0n) is 10.5. The smallest absolute Gasteiger partial charge is 0.213 e. The van der Waals surface area contributed by atoms with Crippen molar-refractivity contribution in [1.82, 2.24) is 9.97 Å².